The number of nitrogens with two attached hydrogens (primary N) is 1. The molecule has 0 aliphatic rings. The number of hydrogen-bond acceptors (Lipinski definition) is 4. The highest BCUT2D eigenvalue weighted by atomic mass is 35.5. The molecule has 0 bridgehead atoms. The van der Waals surface area contributed by atoms with Crippen LogP contribution >= 0.6 is 11.6 Å². The van der Waals surface area contributed by atoms with Crippen molar-refractivity contribution in [1.82, 2.24) is 5.01 Å². The van der Waals surface area contributed by atoms with Crippen molar-refractivity contribution in [1.29, 1.82) is 0 Å². The van der Waals surface area contributed by atoms with E-state index in [1.165, 1.54) is 23.2 Å². The summed E-state index contributed by atoms with van der Waals surface area (Å²) in [6.45, 7) is 0.668. The number of halogens is 2. The lowest BCUT2D eigenvalue weighted by atomic mass is 10.1. The minimum atomic E-state index is -0.388. The molecule has 0 aromatic heterocycles. The smallest absolute Gasteiger partial charge is 0.180 e. The van der Waals surface area contributed by atoms with Gasteiger partial charge in [0.05, 0.1) is 6.54 Å². The van der Waals surface area contributed by atoms with Crippen LogP contribution in [0.2, 0.25) is 0 Å². The summed E-state index contributed by atoms with van der Waals surface area (Å²) in [6.07, 6.45) is 0.739. The minimum absolute atomic E-state index is 0.0792. The Labute approximate surface area is 111 Å². The summed E-state index contributed by atoms with van der Waals surface area (Å²) in [6, 6.07) is 4.03. The summed E-state index contributed by atoms with van der Waals surface area (Å²) >= 11 is 5.57. The number of benzene rings is 1. The third-order valence-corrected chi connectivity index (χ3v) is 2.57. The Morgan fingerprint density at radius 2 is 2.28 bits per heavy atom. The van der Waals surface area contributed by atoms with Crippen LogP contribution in [0.25, 0.3) is 0 Å². The molecule has 1 aromatic rings. The molecule has 0 heterocycles. The number of ketones is 1. The van der Waals surface area contributed by atoms with Crippen molar-refractivity contribution in [3.63, 3.8) is 0 Å². The Bertz CT molecular complexity index is 412. The molecule has 0 fully saturated rings. The zero-order valence-corrected chi connectivity index (χ0v) is 11.0. The lowest BCUT2D eigenvalue weighted by Crippen LogP contribution is -2.32. The number of hydrogen-bond donors (Lipinski definition) is 2. The van der Waals surface area contributed by atoms with Gasteiger partial charge >= 0.3 is 0 Å². The van der Waals surface area contributed by atoms with Crippen molar-refractivity contribution in [3.8, 4) is 0 Å². The fourth-order valence-corrected chi connectivity index (χ4v) is 1.64. The SMILES string of the molecule is CN(N)CC(=O)c1ccc(F)cc1NCCCCl. The number of carbonyl (C=O) groups excluding carboxylic acids is 1. The van der Waals surface area contributed by atoms with E-state index in [4.69, 9.17) is 17.4 Å². The van der Waals surface area contributed by atoms with Crippen molar-refractivity contribution in [3.05, 3.63) is 29.6 Å². The second kappa shape index (κ2) is 7.31. The number of likely N-dealkylation sites (N-methyl/N-ethyl adjacent to an activating group) is 1. The van der Waals surface area contributed by atoms with Crippen LogP contribution < -0.4 is 11.2 Å². The molecule has 100 valence electrons. The van der Waals surface area contributed by atoms with E-state index < -0.39 is 0 Å². The molecule has 1 aromatic carbocycles. The van der Waals surface area contributed by atoms with E-state index in [1.54, 1.807) is 7.05 Å². The Morgan fingerprint density at radius 3 is 2.89 bits per heavy atom. The maximum absolute atomic E-state index is 13.2. The van der Waals surface area contributed by atoms with Gasteiger partial charge < -0.3 is 5.32 Å². The van der Waals surface area contributed by atoms with Crippen LogP contribution in [0.1, 0.15) is 16.8 Å². The minimum Gasteiger partial charge on any atom is -0.384 e. The van der Waals surface area contributed by atoms with Crippen molar-refractivity contribution in [2.24, 2.45) is 5.84 Å². The Kier molecular flexibility index (Phi) is 6.04. The molecule has 0 aliphatic heterocycles. The quantitative estimate of drug-likeness (QED) is 0.262. The number of Topliss-reactive ketones (excluding diaryl/α,β-unsaturated/α-hetero) is 1. The predicted molar refractivity (Wildman–Crippen MR) is 71.4 cm³/mol. The fraction of sp³-hybridized carbons (Fsp3) is 0.417. The van der Waals surface area contributed by atoms with E-state index in [0.29, 0.717) is 23.7 Å². The highest BCUT2D eigenvalue weighted by molar-refractivity contribution is 6.17. The number of nitrogens with zero attached hydrogens (tertiary/aromatic N) is 1. The lowest BCUT2D eigenvalue weighted by molar-refractivity contribution is 0.0948. The maximum atomic E-state index is 13.2. The standard InChI is InChI=1S/C12H17ClFN3O/c1-17(15)8-12(18)10-4-3-9(14)7-11(10)16-6-2-5-13/h3-4,7,16H,2,5-6,8,15H2,1H3. The number of nitrogens with one attached hydrogen (secondary N) is 1. The normalized spacial score (nSPS) is 10.7. The Balaban J connectivity index is 2.85. The highest BCUT2D eigenvalue weighted by Gasteiger charge is 2.13. The highest BCUT2D eigenvalue weighted by Crippen LogP contribution is 2.18. The van der Waals surface area contributed by atoms with E-state index in [9.17, 15) is 9.18 Å². The van der Waals surface area contributed by atoms with Crippen molar-refractivity contribution >= 4 is 23.1 Å². The van der Waals surface area contributed by atoms with Gasteiger partial charge in [0, 0.05) is 30.7 Å². The molecule has 0 atom stereocenters. The average Bonchev–Trinajstić information content (AvgIpc) is 2.28. The van der Waals surface area contributed by atoms with Crippen LogP contribution in [0.3, 0.4) is 0 Å². The number of anilines is 1. The van der Waals surface area contributed by atoms with Crippen molar-refractivity contribution < 1.29 is 9.18 Å². The van der Waals surface area contributed by atoms with E-state index in [1.807, 2.05) is 0 Å². The first-order valence-corrected chi connectivity index (χ1v) is 6.16. The van der Waals surface area contributed by atoms with Gasteiger partial charge in [0.15, 0.2) is 5.78 Å². The van der Waals surface area contributed by atoms with Gasteiger partial charge in [-0.15, -0.1) is 11.6 Å². The number of hydrazine groups is 1. The van der Waals surface area contributed by atoms with E-state index in [0.717, 1.165) is 6.42 Å². The van der Waals surface area contributed by atoms with Gasteiger partial charge in [-0.2, -0.15) is 0 Å². The van der Waals surface area contributed by atoms with Gasteiger partial charge in [-0.05, 0) is 24.6 Å². The number of carbonyl (C=O) groups is 1. The molecule has 0 saturated carbocycles. The monoisotopic (exact) mass is 273 g/mol. The molecule has 1 rings (SSSR count). The molecule has 4 nitrogen and oxygen atoms in total. The Hall–Kier alpha value is -1.17. The molecule has 0 saturated heterocycles. The van der Waals surface area contributed by atoms with E-state index in [2.05, 4.69) is 5.32 Å². The molecular formula is C12H17ClFN3O. The molecule has 6 heteroatoms. The van der Waals surface area contributed by atoms with Gasteiger partial charge in [0.2, 0.25) is 0 Å². The third-order valence-electron chi connectivity index (χ3n) is 2.30. The Morgan fingerprint density at radius 1 is 1.56 bits per heavy atom. The number of rotatable bonds is 7. The third kappa shape index (κ3) is 4.60. The second-order valence-corrected chi connectivity index (χ2v) is 4.38. The molecule has 0 amide bonds. The first kappa shape index (κ1) is 14.9. The number of alkyl halides is 1. The summed E-state index contributed by atoms with van der Waals surface area (Å²) in [5, 5.41) is 4.29. The average molecular weight is 274 g/mol. The van der Waals surface area contributed by atoms with Crippen molar-refractivity contribution in [2.75, 3.05) is 31.3 Å². The van der Waals surface area contributed by atoms with Crippen LogP contribution in [0.5, 0.6) is 0 Å². The van der Waals surface area contributed by atoms with Crippen LogP contribution in [-0.4, -0.2) is 36.8 Å². The van der Waals surface area contributed by atoms with Crippen LogP contribution in [0.15, 0.2) is 18.2 Å². The lowest BCUT2D eigenvalue weighted by Gasteiger charge is -2.13. The summed E-state index contributed by atoms with van der Waals surface area (Å²) < 4.78 is 13.2. The van der Waals surface area contributed by atoms with E-state index in [-0.39, 0.29) is 18.1 Å². The molecule has 0 radical (unpaired) electrons. The summed E-state index contributed by atoms with van der Waals surface area (Å²) in [5.74, 6) is 5.40. The van der Waals surface area contributed by atoms with Crippen LogP contribution in [0, 0.1) is 5.82 Å². The maximum Gasteiger partial charge on any atom is 0.180 e. The van der Waals surface area contributed by atoms with E-state index >= 15 is 0 Å². The molecule has 0 spiro atoms. The fourth-order valence-electron chi connectivity index (χ4n) is 1.51. The summed E-state index contributed by atoms with van der Waals surface area (Å²) in [7, 11) is 1.60. The molecule has 18 heavy (non-hydrogen) atoms. The zero-order valence-electron chi connectivity index (χ0n) is 10.2. The molecule has 3 N–H and O–H groups in total. The van der Waals surface area contributed by atoms with Gasteiger partial charge in [-0.1, -0.05) is 0 Å². The van der Waals surface area contributed by atoms with Gasteiger partial charge in [0.1, 0.15) is 5.82 Å². The summed E-state index contributed by atoms with van der Waals surface area (Å²) in [5.41, 5.74) is 0.912. The topological polar surface area (TPSA) is 58.4 Å². The second-order valence-electron chi connectivity index (χ2n) is 4.00. The van der Waals surface area contributed by atoms with Crippen molar-refractivity contribution in [2.45, 2.75) is 6.42 Å². The molecular weight excluding hydrogens is 257 g/mol. The van der Waals surface area contributed by atoms with Gasteiger partial charge in [-0.25, -0.2) is 9.40 Å². The van der Waals surface area contributed by atoms with Gasteiger partial charge in [0.25, 0.3) is 0 Å². The largest absolute Gasteiger partial charge is 0.384 e. The summed E-state index contributed by atoms with van der Waals surface area (Å²) in [4.78, 5) is 11.9. The zero-order chi connectivity index (χ0) is 13.5. The van der Waals surface area contributed by atoms with Crippen LogP contribution in [-0.2, 0) is 0 Å². The molecule has 0 unspecified atom stereocenters. The van der Waals surface area contributed by atoms with Crippen LogP contribution in [0.4, 0.5) is 10.1 Å². The predicted octanol–water partition coefficient (Wildman–Crippen LogP) is 1.85. The molecule has 0 aliphatic carbocycles. The van der Waals surface area contributed by atoms with Gasteiger partial charge in [-0.3, -0.25) is 10.6 Å². The first-order chi connectivity index (χ1) is 8.54. The first-order valence-electron chi connectivity index (χ1n) is 5.63.